The van der Waals surface area contributed by atoms with Crippen molar-refractivity contribution in [2.24, 2.45) is 23.7 Å². The summed E-state index contributed by atoms with van der Waals surface area (Å²) in [6, 6.07) is 0. The van der Waals surface area contributed by atoms with Crippen LogP contribution in [0.3, 0.4) is 0 Å². The molecule has 2 saturated carbocycles. The molecule has 88 valence electrons. The molecule has 2 bridgehead atoms. The Morgan fingerprint density at radius 2 is 2.12 bits per heavy atom. The Bertz CT molecular complexity index is 357. The Kier molecular flexibility index (Phi) is 1.39. The van der Waals surface area contributed by atoms with Gasteiger partial charge in [0.05, 0.1) is 12.2 Å². The normalized spacial score (nSPS) is 67.7. The quantitative estimate of drug-likeness (QED) is 0.730. The second kappa shape index (κ2) is 2.50. The Hall–Kier alpha value is -0.120. The van der Waals surface area contributed by atoms with Gasteiger partial charge in [-0.05, 0) is 24.7 Å². The fourth-order valence-electron chi connectivity index (χ4n) is 5.34. The molecule has 5 aliphatic rings. The van der Waals surface area contributed by atoms with Gasteiger partial charge in [0.2, 0.25) is 0 Å². The average Bonchev–Trinajstić information content (AvgIpc) is 2.89. The third-order valence-electron chi connectivity index (χ3n) is 5.73. The maximum Gasteiger partial charge on any atom is 0.175 e. The van der Waals surface area contributed by atoms with E-state index in [9.17, 15) is 0 Å². The van der Waals surface area contributed by atoms with E-state index in [2.05, 4.69) is 6.92 Å². The van der Waals surface area contributed by atoms with Crippen LogP contribution in [-0.2, 0) is 14.2 Å². The van der Waals surface area contributed by atoms with Crippen molar-refractivity contribution in [3.05, 3.63) is 0 Å². The number of fused-ring (bicyclic) bond motifs is 1. The molecule has 0 aromatic heterocycles. The monoisotopic (exact) mass is 222 g/mol. The molecule has 5 fully saturated rings. The zero-order valence-electron chi connectivity index (χ0n) is 9.59. The first-order chi connectivity index (χ1) is 7.84. The van der Waals surface area contributed by atoms with E-state index >= 15 is 0 Å². The first-order valence-corrected chi connectivity index (χ1v) is 6.85. The van der Waals surface area contributed by atoms with Crippen LogP contribution in [0.1, 0.15) is 32.6 Å². The molecule has 3 saturated heterocycles. The predicted molar refractivity (Wildman–Crippen MR) is 55.5 cm³/mol. The van der Waals surface area contributed by atoms with Gasteiger partial charge in [0, 0.05) is 18.3 Å². The van der Waals surface area contributed by atoms with Gasteiger partial charge in [0.25, 0.3) is 0 Å². The van der Waals surface area contributed by atoms with E-state index in [0.717, 1.165) is 18.3 Å². The maximum absolute atomic E-state index is 6.33. The minimum Gasteiger partial charge on any atom is -0.346 e. The summed E-state index contributed by atoms with van der Waals surface area (Å²) in [7, 11) is 0. The summed E-state index contributed by atoms with van der Waals surface area (Å²) in [4.78, 5) is 0. The summed E-state index contributed by atoms with van der Waals surface area (Å²) < 4.78 is 18.5. The van der Waals surface area contributed by atoms with Crippen LogP contribution in [0.5, 0.6) is 0 Å². The van der Waals surface area contributed by atoms with Crippen LogP contribution >= 0.6 is 0 Å². The minimum atomic E-state index is -0.235. The molecule has 0 aromatic rings. The first-order valence-electron chi connectivity index (χ1n) is 6.85. The van der Waals surface area contributed by atoms with E-state index in [-0.39, 0.29) is 12.1 Å². The lowest BCUT2D eigenvalue weighted by Crippen LogP contribution is -2.34. The second-order valence-electron chi connectivity index (χ2n) is 6.25. The zero-order valence-corrected chi connectivity index (χ0v) is 9.59. The molecular weight excluding hydrogens is 204 g/mol. The van der Waals surface area contributed by atoms with E-state index < -0.39 is 0 Å². The molecule has 5 rings (SSSR count). The van der Waals surface area contributed by atoms with Crippen LogP contribution in [-0.4, -0.2) is 24.3 Å². The van der Waals surface area contributed by atoms with E-state index in [4.69, 9.17) is 14.2 Å². The highest BCUT2D eigenvalue weighted by Gasteiger charge is 2.80. The lowest BCUT2D eigenvalue weighted by atomic mass is 9.77. The van der Waals surface area contributed by atoms with Crippen molar-refractivity contribution < 1.29 is 14.2 Å². The van der Waals surface area contributed by atoms with E-state index in [1.54, 1.807) is 0 Å². The van der Waals surface area contributed by atoms with Gasteiger partial charge in [-0.25, -0.2) is 0 Å². The molecular formula is C13H18O3. The fraction of sp³-hybridized carbons (Fsp3) is 1.00. The standard InChI is InChI=1S/C13H18O3/c1-2-3-4-13-9-7-5-6-8(9)12(16-13)14-10(6)11(7)15-13/h6-12H,2-5H2,1H3. The van der Waals surface area contributed by atoms with Crippen LogP contribution in [0, 0.1) is 23.7 Å². The zero-order chi connectivity index (χ0) is 10.5. The van der Waals surface area contributed by atoms with Gasteiger partial charge < -0.3 is 14.2 Å². The van der Waals surface area contributed by atoms with Crippen molar-refractivity contribution in [2.75, 3.05) is 0 Å². The number of hydrogen-bond donors (Lipinski definition) is 0. The van der Waals surface area contributed by atoms with Crippen molar-refractivity contribution in [1.29, 1.82) is 0 Å². The Balaban J connectivity index is 1.60. The number of unbranched alkanes of at least 4 members (excludes halogenated alkanes) is 1. The number of rotatable bonds is 3. The van der Waals surface area contributed by atoms with Crippen LogP contribution in [0.2, 0.25) is 0 Å². The molecule has 8 unspecified atom stereocenters. The summed E-state index contributed by atoms with van der Waals surface area (Å²) in [5.74, 6) is 2.62. The summed E-state index contributed by atoms with van der Waals surface area (Å²) >= 11 is 0. The smallest absolute Gasteiger partial charge is 0.175 e. The molecule has 8 atom stereocenters. The Labute approximate surface area is 95.4 Å². The molecule has 0 aromatic carbocycles. The lowest BCUT2D eigenvalue weighted by molar-refractivity contribution is -0.241. The van der Waals surface area contributed by atoms with Crippen molar-refractivity contribution in [3.8, 4) is 0 Å². The topological polar surface area (TPSA) is 27.7 Å². The number of ether oxygens (including phenoxy) is 3. The highest BCUT2D eigenvalue weighted by molar-refractivity contribution is 5.21. The van der Waals surface area contributed by atoms with Gasteiger partial charge in [-0.3, -0.25) is 0 Å². The van der Waals surface area contributed by atoms with E-state index in [0.29, 0.717) is 24.0 Å². The largest absolute Gasteiger partial charge is 0.346 e. The van der Waals surface area contributed by atoms with Gasteiger partial charge in [-0.2, -0.15) is 0 Å². The second-order valence-corrected chi connectivity index (χ2v) is 6.25. The van der Waals surface area contributed by atoms with Gasteiger partial charge in [-0.15, -0.1) is 0 Å². The van der Waals surface area contributed by atoms with E-state index in [1.807, 2.05) is 0 Å². The van der Waals surface area contributed by atoms with Gasteiger partial charge in [-0.1, -0.05) is 13.3 Å². The highest BCUT2D eigenvalue weighted by atomic mass is 16.8. The fourth-order valence-corrected chi connectivity index (χ4v) is 5.34. The van der Waals surface area contributed by atoms with Crippen LogP contribution in [0.25, 0.3) is 0 Å². The van der Waals surface area contributed by atoms with Gasteiger partial charge in [0.15, 0.2) is 12.1 Å². The van der Waals surface area contributed by atoms with Crippen molar-refractivity contribution in [3.63, 3.8) is 0 Å². The maximum atomic E-state index is 6.33. The van der Waals surface area contributed by atoms with Crippen LogP contribution < -0.4 is 0 Å². The van der Waals surface area contributed by atoms with Crippen molar-refractivity contribution >= 4 is 0 Å². The third-order valence-corrected chi connectivity index (χ3v) is 5.73. The third kappa shape index (κ3) is 0.712. The molecule has 0 N–H and O–H groups in total. The summed E-state index contributed by atoms with van der Waals surface area (Å²) in [6.07, 6.45) is 5.69. The summed E-state index contributed by atoms with van der Waals surface area (Å²) in [5, 5.41) is 0. The molecule has 2 aliphatic carbocycles. The Morgan fingerprint density at radius 1 is 1.19 bits per heavy atom. The molecule has 0 radical (unpaired) electrons. The molecule has 3 heteroatoms. The molecule has 0 amide bonds. The van der Waals surface area contributed by atoms with Gasteiger partial charge in [0.1, 0.15) is 0 Å². The number of hydrogen-bond acceptors (Lipinski definition) is 3. The molecule has 3 nitrogen and oxygen atoms in total. The molecule has 0 spiro atoms. The van der Waals surface area contributed by atoms with Crippen molar-refractivity contribution in [1.82, 2.24) is 0 Å². The Morgan fingerprint density at radius 3 is 3.00 bits per heavy atom. The van der Waals surface area contributed by atoms with Crippen LogP contribution in [0.4, 0.5) is 0 Å². The highest BCUT2D eigenvalue weighted by Crippen LogP contribution is 2.73. The molecule has 16 heavy (non-hydrogen) atoms. The minimum absolute atomic E-state index is 0.0781. The van der Waals surface area contributed by atoms with Crippen molar-refractivity contribution in [2.45, 2.75) is 56.9 Å². The molecule has 3 heterocycles. The van der Waals surface area contributed by atoms with Crippen LogP contribution in [0.15, 0.2) is 0 Å². The summed E-state index contributed by atoms with van der Waals surface area (Å²) in [6.45, 7) is 2.24. The summed E-state index contributed by atoms with van der Waals surface area (Å²) in [5.41, 5.74) is 0. The average molecular weight is 222 g/mol. The van der Waals surface area contributed by atoms with E-state index in [1.165, 1.54) is 19.3 Å². The predicted octanol–water partition coefficient (Wildman–Crippen LogP) is 1.91. The molecule has 3 aliphatic heterocycles. The van der Waals surface area contributed by atoms with Gasteiger partial charge >= 0.3 is 0 Å². The SMILES string of the molecule is CCCCC12OC3OC4C5CC(C4O1)C2C35. The lowest BCUT2D eigenvalue weighted by Gasteiger charge is -2.27. The first kappa shape index (κ1) is 8.90.